The van der Waals surface area contributed by atoms with Crippen LogP contribution in [0.15, 0.2) is 42.7 Å². The zero-order valence-electron chi connectivity index (χ0n) is 17.8. The molecule has 0 amide bonds. The van der Waals surface area contributed by atoms with Crippen molar-refractivity contribution in [1.29, 1.82) is 5.26 Å². The molecule has 2 aliphatic heterocycles. The van der Waals surface area contributed by atoms with Crippen molar-refractivity contribution in [2.24, 2.45) is 0 Å². The third-order valence-electron chi connectivity index (χ3n) is 5.81. The van der Waals surface area contributed by atoms with Gasteiger partial charge in [0, 0.05) is 51.7 Å². The highest BCUT2D eigenvalue weighted by Crippen LogP contribution is 2.20. The number of piperazine rings is 1. The molecule has 0 radical (unpaired) electrons. The first-order valence-electron chi connectivity index (χ1n) is 10.9. The van der Waals surface area contributed by atoms with E-state index < -0.39 is 0 Å². The molecule has 2 aromatic rings. The number of rotatable bonds is 5. The average molecular weight is 417 g/mol. The van der Waals surface area contributed by atoms with Gasteiger partial charge >= 0.3 is 0 Å². The van der Waals surface area contributed by atoms with Gasteiger partial charge in [0.05, 0.1) is 24.3 Å². The van der Waals surface area contributed by atoms with E-state index in [4.69, 9.17) is 10.00 Å². The Balaban J connectivity index is 1.12. The van der Waals surface area contributed by atoms with Crippen LogP contribution in [0, 0.1) is 23.2 Å². The number of hydrogen-bond acceptors (Lipinski definition) is 7. The lowest BCUT2D eigenvalue weighted by Gasteiger charge is -2.34. The molecule has 7 nitrogen and oxygen atoms in total. The lowest BCUT2D eigenvalue weighted by atomic mass is 10.1. The summed E-state index contributed by atoms with van der Waals surface area (Å²) in [6.07, 6.45) is 5.70. The van der Waals surface area contributed by atoms with Gasteiger partial charge in [0.25, 0.3) is 0 Å². The number of anilines is 2. The predicted octanol–water partition coefficient (Wildman–Crippen LogP) is 2.16. The first-order valence-corrected chi connectivity index (χ1v) is 10.9. The highest BCUT2D eigenvalue weighted by atomic mass is 16.5. The number of pyridine rings is 2. The molecule has 0 atom stereocenters. The topological polar surface area (TPSA) is 68.5 Å². The minimum Gasteiger partial charge on any atom is -0.365 e. The molecule has 2 aromatic heterocycles. The summed E-state index contributed by atoms with van der Waals surface area (Å²) in [5.41, 5.74) is 0.650. The smallest absolute Gasteiger partial charge is 0.129 e. The molecule has 4 rings (SSSR count). The number of nitriles is 1. The molecule has 160 valence electrons. The standard InChI is InChI=1S/C24H28N6O/c25-20-21-6-10-27-24(19-21)29-12-7-22(8-13-29)31-18-4-3-11-28-14-16-30(17-15-28)23-5-1-2-9-26-23/h1-2,5-6,9-10,19,22H,7-8,11-18H2. The fourth-order valence-corrected chi connectivity index (χ4v) is 3.97. The van der Waals surface area contributed by atoms with Crippen LogP contribution in [0.5, 0.6) is 0 Å². The Morgan fingerprint density at radius 2 is 1.68 bits per heavy atom. The van der Waals surface area contributed by atoms with Crippen molar-refractivity contribution < 1.29 is 4.74 Å². The van der Waals surface area contributed by atoms with Crippen LogP contribution in [-0.2, 0) is 4.74 Å². The van der Waals surface area contributed by atoms with Crippen LogP contribution in [0.1, 0.15) is 18.4 Å². The maximum atomic E-state index is 9.05. The summed E-state index contributed by atoms with van der Waals surface area (Å²) in [4.78, 5) is 15.7. The van der Waals surface area contributed by atoms with E-state index in [-0.39, 0.29) is 6.10 Å². The lowest BCUT2D eigenvalue weighted by molar-refractivity contribution is 0.0593. The second kappa shape index (κ2) is 10.8. The molecule has 31 heavy (non-hydrogen) atoms. The summed E-state index contributed by atoms with van der Waals surface area (Å²) in [5.74, 6) is 8.37. The van der Waals surface area contributed by atoms with Gasteiger partial charge in [0.2, 0.25) is 0 Å². The van der Waals surface area contributed by atoms with E-state index in [0.717, 1.165) is 70.3 Å². The van der Waals surface area contributed by atoms with Gasteiger partial charge in [0.1, 0.15) is 18.2 Å². The second-order valence-electron chi connectivity index (χ2n) is 7.82. The van der Waals surface area contributed by atoms with Crippen LogP contribution in [0.25, 0.3) is 0 Å². The number of piperidine rings is 1. The van der Waals surface area contributed by atoms with E-state index in [0.29, 0.717) is 12.2 Å². The van der Waals surface area contributed by atoms with Crippen LogP contribution in [0.4, 0.5) is 11.6 Å². The van der Waals surface area contributed by atoms with Crippen LogP contribution >= 0.6 is 0 Å². The van der Waals surface area contributed by atoms with E-state index >= 15 is 0 Å². The molecule has 0 aromatic carbocycles. The summed E-state index contributed by atoms with van der Waals surface area (Å²) in [5, 5.41) is 9.05. The lowest BCUT2D eigenvalue weighted by Crippen LogP contribution is -2.46. The molecule has 7 heteroatoms. The maximum absolute atomic E-state index is 9.05. The van der Waals surface area contributed by atoms with E-state index in [2.05, 4.69) is 48.6 Å². The minimum atomic E-state index is 0.242. The number of aromatic nitrogens is 2. The summed E-state index contributed by atoms with van der Waals surface area (Å²) < 4.78 is 5.97. The summed E-state index contributed by atoms with van der Waals surface area (Å²) in [6, 6.07) is 11.8. The quantitative estimate of drug-likeness (QED) is 0.692. The van der Waals surface area contributed by atoms with Gasteiger partial charge in [-0.05, 0) is 37.1 Å². The van der Waals surface area contributed by atoms with Crippen molar-refractivity contribution in [2.75, 3.05) is 62.2 Å². The number of hydrogen-bond donors (Lipinski definition) is 0. The molecule has 2 saturated heterocycles. The molecule has 0 saturated carbocycles. The third-order valence-corrected chi connectivity index (χ3v) is 5.81. The van der Waals surface area contributed by atoms with Crippen molar-refractivity contribution in [1.82, 2.24) is 14.9 Å². The third kappa shape index (κ3) is 5.95. The number of ether oxygens (including phenoxy) is 1. The minimum absolute atomic E-state index is 0.242. The molecule has 0 aliphatic carbocycles. The molecule has 0 spiro atoms. The SMILES string of the molecule is N#Cc1ccnc(N2CCC(OCC#CCN3CCN(c4ccccn4)CC3)CC2)c1. The molecule has 0 unspecified atom stereocenters. The zero-order valence-corrected chi connectivity index (χ0v) is 17.8. The van der Waals surface area contributed by atoms with Gasteiger partial charge in [-0.2, -0.15) is 5.26 Å². The second-order valence-corrected chi connectivity index (χ2v) is 7.82. The van der Waals surface area contributed by atoms with Crippen molar-refractivity contribution in [3.63, 3.8) is 0 Å². The van der Waals surface area contributed by atoms with Crippen molar-refractivity contribution in [3.8, 4) is 17.9 Å². The molecule has 0 N–H and O–H groups in total. The van der Waals surface area contributed by atoms with Gasteiger partial charge < -0.3 is 14.5 Å². The van der Waals surface area contributed by atoms with Gasteiger partial charge in [-0.3, -0.25) is 4.90 Å². The van der Waals surface area contributed by atoms with E-state index in [1.807, 2.05) is 24.4 Å². The molecule has 2 fully saturated rings. The highest BCUT2D eigenvalue weighted by Gasteiger charge is 2.20. The average Bonchev–Trinajstić information content (AvgIpc) is 2.85. The molecule has 2 aliphatic rings. The maximum Gasteiger partial charge on any atom is 0.129 e. The first-order chi connectivity index (χ1) is 15.3. The Bertz CT molecular complexity index is 932. The Morgan fingerprint density at radius 1 is 0.903 bits per heavy atom. The fourth-order valence-electron chi connectivity index (χ4n) is 3.97. The Labute approximate surface area is 184 Å². The van der Waals surface area contributed by atoms with Crippen molar-refractivity contribution >= 4 is 11.6 Å². The fraction of sp³-hybridized carbons (Fsp3) is 0.458. The van der Waals surface area contributed by atoms with E-state index in [9.17, 15) is 0 Å². The summed E-state index contributed by atoms with van der Waals surface area (Å²) >= 11 is 0. The summed E-state index contributed by atoms with van der Waals surface area (Å²) in [7, 11) is 0. The highest BCUT2D eigenvalue weighted by molar-refractivity contribution is 5.45. The molecular weight excluding hydrogens is 388 g/mol. The monoisotopic (exact) mass is 416 g/mol. The Morgan fingerprint density at radius 3 is 2.42 bits per heavy atom. The first kappa shape index (κ1) is 21.1. The van der Waals surface area contributed by atoms with Gasteiger partial charge in [-0.25, -0.2) is 9.97 Å². The van der Waals surface area contributed by atoms with Gasteiger partial charge in [-0.15, -0.1) is 0 Å². The normalized spacial score (nSPS) is 17.6. The zero-order chi connectivity index (χ0) is 21.3. The summed E-state index contributed by atoms with van der Waals surface area (Å²) in [6.45, 7) is 7.04. The van der Waals surface area contributed by atoms with Crippen LogP contribution < -0.4 is 9.80 Å². The molecular formula is C24H28N6O. The van der Waals surface area contributed by atoms with Crippen LogP contribution in [-0.4, -0.2) is 73.4 Å². The van der Waals surface area contributed by atoms with Crippen LogP contribution in [0.2, 0.25) is 0 Å². The van der Waals surface area contributed by atoms with Gasteiger partial charge in [-0.1, -0.05) is 17.9 Å². The molecule has 4 heterocycles. The Kier molecular flexibility index (Phi) is 7.33. The van der Waals surface area contributed by atoms with E-state index in [1.54, 1.807) is 12.3 Å². The number of nitrogens with zero attached hydrogens (tertiary/aromatic N) is 6. The van der Waals surface area contributed by atoms with E-state index in [1.165, 1.54) is 0 Å². The van der Waals surface area contributed by atoms with Crippen molar-refractivity contribution in [3.05, 3.63) is 48.3 Å². The van der Waals surface area contributed by atoms with Crippen LogP contribution in [0.3, 0.4) is 0 Å². The van der Waals surface area contributed by atoms with Crippen molar-refractivity contribution in [2.45, 2.75) is 18.9 Å². The molecule has 0 bridgehead atoms. The predicted molar refractivity (Wildman–Crippen MR) is 121 cm³/mol. The largest absolute Gasteiger partial charge is 0.365 e. The van der Waals surface area contributed by atoms with Gasteiger partial charge in [0.15, 0.2) is 0 Å². The Hall–Kier alpha value is -3.13.